The van der Waals surface area contributed by atoms with Gasteiger partial charge in [0.05, 0.1) is 17.9 Å². The molecule has 4 aromatic rings. The van der Waals surface area contributed by atoms with E-state index in [0.717, 1.165) is 33.8 Å². The molecule has 6 heteroatoms. The fourth-order valence-electron chi connectivity index (χ4n) is 4.34. The van der Waals surface area contributed by atoms with Crippen molar-refractivity contribution in [2.75, 3.05) is 11.9 Å². The van der Waals surface area contributed by atoms with Gasteiger partial charge in [-0.05, 0) is 36.6 Å². The summed E-state index contributed by atoms with van der Waals surface area (Å²) in [6, 6.07) is 26.2. The number of benzene rings is 3. The Morgan fingerprint density at radius 3 is 2.49 bits per heavy atom. The van der Waals surface area contributed by atoms with Gasteiger partial charge in [0.1, 0.15) is 18.1 Å². The quantitative estimate of drug-likeness (QED) is 0.460. The lowest BCUT2D eigenvalue weighted by Crippen LogP contribution is -2.45. The second-order valence-electron chi connectivity index (χ2n) is 8.75. The van der Waals surface area contributed by atoms with E-state index in [1.54, 1.807) is 12.4 Å². The van der Waals surface area contributed by atoms with Gasteiger partial charge in [0.15, 0.2) is 0 Å². The average Bonchev–Trinajstić information content (AvgIpc) is 2.92. The Labute approximate surface area is 205 Å². The van der Waals surface area contributed by atoms with E-state index in [2.05, 4.69) is 45.6 Å². The van der Waals surface area contributed by atoms with E-state index in [1.165, 1.54) is 0 Å². The fourth-order valence-corrected chi connectivity index (χ4v) is 4.34. The van der Waals surface area contributed by atoms with Gasteiger partial charge in [-0.1, -0.05) is 66.7 Å². The van der Waals surface area contributed by atoms with Gasteiger partial charge in [0.25, 0.3) is 5.91 Å². The van der Waals surface area contributed by atoms with E-state index >= 15 is 0 Å². The zero-order valence-electron chi connectivity index (χ0n) is 19.7. The summed E-state index contributed by atoms with van der Waals surface area (Å²) in [5.41, 5.74) is 5.35. The minimum Gasteiger partial charge on any atom is -0.491 e. The molecule has 2 heterocycles. The molecular weight excluding hydrogens is 436 g/mol. The maximum Gasteiger partial charge on any atom is 0.274 e. The molecule has 1 aliphatic rings. The van der Waals surface area contributed by atoms with Crippen molar-refractivity contribution < 1.29 is 9.53 Å². The van der Waals surface area contributed by atoms with Gasteiger partial charge in [-0.2, -0.15) is 0 Å². The van der Waals surface area contributed by atoms with Gasteiger partial charge in [-0.15, -0.1) is 0 Å². The van der Waals surface area contributed by atoms with Crippen LogP contribution in [-0.2, 0) is 19.5 Å². The van der Waals surface area contributed by atoms with Gasteiger partial charge in [-0.25, -0.2) is 4.98 Å². The highest BCUT2D eigenvalue weighted by atomic mass is 16.5. The number of hydrogen-bond donors (Lipinski definition) is 1. The summed E-state index contributed by atoms with van der Waals surface area (Å²) in [4.78, 5) is 24.4. The Morgan fingerprint density at radius 2 is 1.69 bits per heavy atom. The molecule has 35 heavy (non-hydrogen) atoms. The zero-order chi connectivity index (χ0) is 24.0. The first kappa shape index (κ1) is 22.6. The summed E-state index contributed by atoms with van der Waals surface area (Å²) in [6.07, 6.45) is 3.85. The molecule has 1 N–H and O–H groups in total. The Hall–Kier alpha value is -4.19. The van der Waals surface area contributed by atoms with Crippen LogP contribution in [-0.4, -0.2) is 33.4 Å². The van der Waals surface area contributed by atoms with Crippen molar-refractivity contribution in [1.29, 1.82) is 0 Å². The number of nitrogens with zero attached hydrogens (tertiary/aromatic N) is 3. The Kier molecular flexibility index (Phi) is 6.70. The number of carbonyl (C=O) groups is 1. The fraction of sp³-hybridized carbons (Fsp3) is 0.207. The number of rotatable bonds is 3. The molecule has 0 fully saturated rings. The molecule has 1 aliphatic heterocycles. The van der Waals surface area contributed by atoms with Gasteiger partial charge in [0.2, 0.25) is 0 Å². The Bertz CT molecular complexity index is 1290. The highest BCUT2D eigenvalue weighted by molar-refractivity contribution is 5.92. The lowest BCUT2D eigenvalue weighted by molar-refractivity contribution is 0.0585. The molecule has 0 saturated heterocycles. The summed E-state index contributed by atoms with van der Waals surface area (Å²) in [5.74, 6) is 0.657. The van der Waals surface area contributed by atoms with Crippen molar-refractivity contribution in [3.05, 3.63) is 119 Å². The number of anilines is 1. The monoisotopic (exact) mass is 464 g/mol. The molecule has 0 spiro atoms. The number of ether oxygens (including phenoxy) is 1. The lowest BCUT2D eigenvalue weighted by Gasteiger charge is -2.32. The topological polar surface area (TPSA) is 67.4 Å². The molecule has 0 radical (unpaired) electrons. The number of aryl methyl sites for hydroxylation is 1. The van der Waals surface area contributed by atoms with E-state index in [9.17, 15) is 4.79 Å². The number of amides is 1. The van der Waals surface area contributed by atoms with Crippen LogP contribution in [0.2, 0.25) is 0 Å². The third-order valence-electron chi connectivity index (χ3n) is 6.25. The SMILES string of the molecule is Cc1cnc(C(=O)N2Cc3ccccc3NCc3ccccc3OC[C@@H]2Cc2ccccc2)cn1. The predicted octanol–water partition coefficient (Wildman–Crippen LogP) is 5.04. The third kappa shape index (κ3) is 5.32. The first-order valence-corrected chi connectivity index (χ1v) is 11.8. The highest BCUT2D eigenvalue weighted by Gasteiger charge is 2.28. The predicted molar refractivity (Wildman–Crippen MR) is 136 cm³/mol. The molecule has 0 unspecified atom stereocenters. The molecule has 5 rings (SSSR count). The summed E-state index contributed by atoms with van der Waals surface area (Å²) < 4.78 is 6.37. The van der Waals surface area contributed by atoms with Crippen LogP contribution in [0.3, 0.4) is 0 Å². The smallest absolute Gasteiger partial charge is 0.274 e. The summed E-state index contributed by atoms with van der Waals surface area (Å²) in [5, 5.41) is 3.54. The van der Waals surface area contributed by atoms with Crippen molar-refractivity contribution in [1.82, 2.24) is 14.9 Å². The normalized spacial score (nSPS) is 15.6. The van der Waals surface area contributed by atoms with Crippen LogP contribution in [0, 0.1) is 6.92 Å². The number of nitrogens with one attached hydrogen (secondary N) is 1. The standard InChI is InChI=1S/C29H28N4O2/c1-21-16-31-27(18-30-21)29(34)33-19-24-12-5-7-13-26(24)32-17-23-11-6-8-14-28(23)35-20-25(33)15-22-9-3-2-4-10-22/h2-14,16,18,25,32H,15,17,19-20H2,1H3/t25-/m0/s1. The van der Waals surface area contributed by atoms with Gasteiger partial charge >= 0.3 is 0 Å². The maximum absolute atomic E-state index is 13.9. The number of hydrogen-bond acceptors (Lipinski definition) is 5. The van der Waals surface area contributed by atoms with Crippen LogP contribution in [0.25, 0.3) is 0 Å². The lowest BCUT2D eigenvalue weighted by atomic mass is 10.0. The molecule has 3 aromatic carbocycles. The van der Waals surface area contributed by atoms with Crippen LogP contribution < -0.4 is 10.1 Å². The molecule has 6 nitrogen and oxygen atoms in total. The molecule has 1 amide bonds. The van der Waals surface area contributed by atoms with Crippen LogP contribution in [0.4, 0.5) is 5.69 Å². The second-order valence-corrected chi connectivity index (χ2v) is 8.75. The molecule has 0 saturated carbocycles. The van der Waals surface area contributed by atoms with Crippen molar-refractivity contribution in [2.24, 2.45) is 0 Å². The molecule has 0 aliphatic carbocycles. The van der Waals surface area contributed by atoms with Crippen molar-refractivity contribution in [3.8, 4) is 5.75 Å². The van der Waals surface area contributed by atoms with Crippen molar-refractivity contribution >= 4 is 11.6 Å². The first-order chi connectivity index (χ1) is 17.2. The Morgan fingerprint density at radius 1 is 0.943 bits per heavy atom. The van der Waals surface area contributed by atoms with E-state index in [0.29, 0.717) is 31.8 Å². The second kappa shape index (κ2) is 10.4. The van der Waals surface area contributed by atoms with Crippen molar-refractivity contribution in [3.63, 3.8) is 0 Å². The number of aromatic nitrogens is 2. The van der Waals surface area contributed by atoms with E-state index < -0.39 is 0 Å². The average molecular weight is 465 g/mol. The number of fused-ring (bicyclic) bond motifs is 2. The third-order valence-corrected chi connectivity index (χ3v) is 6.25. The van der Waals surface area contributed by atoms with Crippen LogP contribution in [0.1, 0.15) is 32.9 Å². The minimum atomic E-state index is -0.216. The van der Waals surface area contributed by atoms with E-state index in [-0.39, 0.29) is 11.9 Å². The van der Waals surface area contributed by atoms with Crippen LogP contribution >= 0.6 is 0 Å². The summed E-state index contributed by atoms with van der Waals surface area (Å²) in [7, 11) is 0. The van der Waals surface area contributed by atoms with E-state index in [1.807, 2.05) is 60.4 Å². The number of carbonyl (C=O) groups excluding carboxylic acids is 1. The van der Waals surface area contributed by atoms with Crippen molar-refractivity contribution in [2.45, 2.75) is 32.5 Å². The summed E-state index contributed by atoms with van der Waals surface area (Å²) in [6.45, 7) is 3.28. The Balaban J connectivity index is 1.58. The maximum atomic E-state index is 13.9. The number of para-hydroxylation sites is 2. The largest absolute Gasteiger partial charge is 0.491 e. The van der Waals surface area contributed by atoms with Gasteiger partial charge in [-0.3, -0.25) is 9.78 Å². The van der Waals surface area contributed by atoms with Crippen LogP contribution in [0.15, 0.2) is 91.3 Å². The zero-order valence-corrected chi connectivity index (χ0v) is 19.7. The molecule has 1 atom stereocenters. The molecular formula is C29H28N4O2. The highest BCUT2D eigenvalue weighted by Crippen LogP contribution is 2.26. The molecule has 1 aromatic heterocycles. The molecule has 176 valence electrons. The molecule has 0 bridgehead atoms. The van der Waals surface area contributed by atoms with Crippen LogP contribution in [0.5, 0.6) is 5.75 Å². The summed E-state index contributed by atoms with van der Waals surface area (Å²) >= 11 is 0. The minimum absolute atomic E-state index is 0.163. The van der Waals surface area contributed by atoms with Gasteiger partial charge < -0.3 is 15.0 Å². The van der Waals surface area contributed by atoms with E-state index in [4.69, 9.17) is 4.74 Å². The van der Waals surface area contributed by atoms with Gasteiger partial charge in [0, 0.05) is 30.5 Å². The first-order valence-electron chi connectivity index (χ1n) is 11.8.